The second-order valence-corrected chi connectivity index (χ2v) is 5.40. The number of halogens is 1. The van der Waals surface area contributed by atoms with E-state index in [1.54, 1.807) is 12.3 Å². The Hall–Kier alpha value is -3.00. The molecule has 9 heteroatoms. The summed E-state index contributed by atoms with van der Waals surface area (Å²) in [5.41, 5.74) is 6.42. The Balaban J connectivity index is 1.96. The highest BCUT2D eigenvalue weighted by atomic mass is 35.5. The van der Waals surface area contributed by atoms with Crippen LogP contribution in [0.5, 0.6) is 0 Å². The number of nitrogens with two attached hydrogens (primary N) is 1. The standard InChI is InChI=1S/C15H12ClN5O3/c1-24-15(23)13-12(14(17)22)19-21(20-13)7-8-2-3-11-9(4-8)5-10(16)6-18-11/h2-6H,7H2,1H3,(H2,17,22). The number of esters is 1. The second kappa shape index (κ2) is 6.25. The number of aromatic nitrogens is 4. The summed E-state index contributed by atoms with van der Waals surface area (Å²) in [6.07, 6.45) is 1.57. The predicted octanol–water partition coefficient (Wildman–Crippen LogP) is 1.41. The third-order valence-corrected chi connectivity index (χ3v) is 3.51. The summed E-state index contributed by atoms with van der Waals surface area (Å²) in [7, 11) is 1.19. The van der Waals surface area contributed by atoms with Crippen LogP contribution in [0.3, 0.4) is 0 Å². The van der Waals surface area contributed by atoms with E-state index in [9.17, 15) is 9.59 Å². The normalized spacial score (nSPS) is 10.8. The molecule has 3 aromatic rings. The Morgan fingerprint density at radius 2 is 2.00 bits per heavy atom. The van der Waals surface area contributed by atoms with E-state index < -0.39 is 11.9 Å². The zero-order chi connectivity index (χ0) is 17.3. The molecule has 0 bridgehead atoms. The molecule has 0 saturated carbocycles. The van der Waals surface area contributed by atoms with E-state index in [0.29, 0.717) is 5.02 Å². The van der Waals surface area contributed by atoms with Crippen LogP contribution >= 0.6 is 11.6 Å². The van der Waals surface area contributed by atoms with Crippen LogP contribution in [0.4, 0.5) is 0 Å². The fourth-order valence-electron chi connectivity index (χ4n) is 2.23. The van der Waals surface area contributed by atoms with Crippen molar-refractivity contribution in [1.82, 2.24) is 20.0 Å². The van der Waals surface area contributed by atoms with E-state index in [2.05, 4.69) is 19.9 Å². The first-order chi connectivity index (χ1) is 11.5. The van der Waals surface area contributed by atoms with Crippen LogP contribution < -0.4 is 5.73 Å². The molecule has 0 fully saturated rings. The quantitative estimate of drug-likeness (QED) is 0.715. The number of hydrogen-bond donors (Lipinski definition) is 1. The Morgan fingerprint density at radius 3 is 2.71 bits per heavy atom. The maximum absolute atomic E-state index is 11.6. The maximum Gasteiger partial charge on any atom is 0.361 e. The Bertz CT molecular complexity index is 953. The molecule has 0 aliphatic heterocycles. The van der Waals surface area contributed by atoms with Crippen molar-refractivity contribution < 1.29 is 14.3 Å². The molecule has 0 aliphatic carbocycles. The van der Waals surface area contributed by atoms with Gasteiger partial charge < -0.3 is 10.5 Å². The highest BCUT2D eigenvalue weighted by molar-refractivity contribution is 6.31. The van der Waals surface area contributed by atoms with Gasteiger partial charge in [0.25, 0.3) is 5.91 Å². The number of methoxy groups -OCH3 is 1. The van der Waals surface area contributed by atoms with Gasteiger partial charge in [0, 0.05) is 11.6 Å². The van der Waals surface area contributed by atoms with Crippen molar-refractivity contribution in [3.05, 3.63) is 52.4 Å². The molecular weight excluding hydrogens is 334 g/mol. The fourth-order valence-corrected chi connectivity index (χ4v) is 2.40. The zero-order valence-electron chi connectivity index (χ0n) is 12.6. The number of amides is 1. The number of carbonyl (C=O) groups excluding carboxylic acids is 2. The van der Waals surface area contributed by atoms with Gasteiger partial charge in [0.15, 0.2) is 5.69 Å². The van der Waals surface area contributed by atoms with Gasteiger partial charge in [-0.25, -0.2) is 4.79 Å². The lowest BCUT2D eigenvalue weighted by Crippen LogP contribution is -2.17. The van der Waals surface area contributed by atoms with Gasteiger partial charge in [0.1, 0.15) is 0 Å². The Morgan fingerprint density at radius 1 is 1.25 bits per heavy atom. The summed E-state index contributed by atoms with van der Waals surface area (Å²) in [6.45, 7) is 0.236. The number of benzene rings is 1. The van der Waals surface area contributed by atoms with Crippen molar-refractivity contribution in [2.45, 2.75) is 6.54 Å². The molecule has 0 radical (unpaired) electrons. The average molecular weight is 346 g/mol. The van der Waals surface area contributed by atoms with E-state index in [1.165, 1.54) is 11.9 Å². The molecule has 0 spiro atoms. The summed E-state index contributed by atoms with van der Waals surface area (Å²) in [5.74, 6) is -1.62. The number of hydrogen-bond acceptors (Lipinski definition) is 6. The summed E-state index contributed by atoms with van der Waals surface area (Å²) < 4.78 is 4.58. The lowest BCUT2D eigenvalue weighted by molar-refractivity contribution is 0.0589. The maximum atomic E-state index is 11.6. The predicted molar refractivity (Wildman–Crippen MR) is 85.7 cm³/mol. The number of rotatable bonds is 4. The average Bonchev–Trinajstić information content (AvgIpc) is 2.98. The van der Waals surface area contributed by atoms with Crippen LogP contribution in [0.1, 0.15) is 26.5 Å². The summed E-state index contributed by atoms with van der Waals surface area (Å²) >= 11 is 5.95. The number of primary amides is 1. The second-order valence-electron chi connectivity index (χ2n) is 4.96. The molecule has 1 amide bonds. The lowest BCUT2D eigenvalue weighted by atomic mass is 10.1. The number of nitrogens with zero attached hydrogens (tertiary/aromatic N) is 4. The SMILES string of the molecule is COC(=O)c1nn(Cc2ccc3ncc(Cl)cc3c2)nc1C(N)=O. The zero-order valence-corrected chi connectivity index (χ0v) is 13.3. The van der Waals surface area contributed by atoms with Crippen molar-refractivity contribution in [3.8, 4) is 0 Å². The first kappa shape index (κ1) is 15.9. The summed E-state index contributed by atoms with van der Waals surface area (Å²) in [4.78, 5) is 28.5. The van der Waals surface area contributed by atoms with Gasteiger partial charge in [0.2, 0.25) is 5.69 Å². The number of carbonyl (C=O) groups is 2. The van der Waals surface area contributed by atoms with Gasteiger partial charge in [-0.2, -0.15) is 4.80 Å². The van der Waals surface area contributed by atoms with E-state index in [0.717, 1.165) is 16.5 Å². The molecule has 2 heterocycles. The first-order valence-corrected chi connectivity index (χ1v) is 7.23. The Kier molecular flexibility index (Phi) is 4.13. The number of ether oxygens (including phenoxy) is 1. The van der Waals surface area contributed by atoms with Gasteiger partial charge in [-0.3, -0.25) is 9.78 Å². The van der Waals surface area contributed by atoms with Crippen molar-refractivity contribution in [2.75, 3.05) is 7.11 Å². The lowest BCUT2D eigenvalue weighted by Gasteiger charge is -2.03. The molecule has 0 saturated heterocycles. The molecule has 2 aromatic heterocycles. The minimum atomic E-state index is -0.851. The molecule has 8 nitrogen and oxygen atoms in total. The molecule has 2 N–H and O–H groups in total. The molecule has 3 rings (SSSR count). The van der Waals surface area contributed by atoms with Crippen LogP contribution in [0, 0.1) is 0 Å². The van der Waals surface area contributed by atoms with Crippen LogP contribution in [-0.4, -0.2) is 39.0 Å². The smallest absolute Gasteiger partial charge is 0.361 e. The molecule has 0 aliphatic rings. The van der Waals surface area contributed by atoms with E-state index in [4.69, 9.17) is 17.3 Å². The van der Waals surface area contributed by atoms with E-state index in [-0.39, 0.29) is 17.9 Å². The van der Waals surface area contributed by atoms with Crippen LogP contribution in [0.2, 0.25) is 5.02 Å². The monoisotopic (exact) mass is 345 g/mol. The fraction of sp³-hybridized carbons (Fsp3) is 0.133. The number of pyridine rings is 1. The van der Waals surface area contributed by atoms with Gasteiger partial charge in [-0.15, -0.1) is 10.2 Å². The summed E-state index contributed by atoms with van der Waals surface area (Å²) in [5, 5.41) is 9.33. The molecule has 0 atom stereocenters. The van der Waals surface area contributed by atoms with Crippen molar-refractivity contribution in [2.24, 2.45) is 5.73 Å². The largest absolute Gasteiger partial charge is 0.464 e. The van der Waals surface area contributed by atoms with Crippen LogP contribution in [0.25, 0.3) is 10.9 Å². The first-order valence-electron chi connectivity index (χ1n) is 6.85. The third-order valence-electron chi connectivity index (χ3n) is 3.30. The topological polar surface area (TPSA) is 113 Å². The molecule has 122 valence electrons. The van der Waals surface area contributed by atoms with Crippen LogP contribution in [-0.2, 0) is 11.3 Å². The van der Waals surface area contributed by atoms with Gasteiger partial charge in [-0.1, -0.05) is 17.7 Å². The van der Waals surface area contributed by atoms with Crippen molar-refractivity contribution in [3.63, 3.8) is 0 Å². The van der Waals surface area contributed by atoms with E-state index in [1.807, 2.05) is 18.2 Å². The molecule has 24 heavy (non-hydrogen) atoms. The molecule has 0 unspecified atom stereocenters. The van der Waals surface area contributed by atoms with Gasteiger partial charge in [-0.05, 0) is 23.8 Å². The third kappa shape index (κ3) is 3.04. The minimum Gasteiger partial charge on any atom is -0.464 e. The number of fused-ring (bicyclic) bond motifs is 1. The molecular formula is C15H12ClN5O3. The van der Waals surface area contributed by atoms with Gasteiger partial charge >= 0.3 is 5.97 Å². The molecule has 1 aromatic carbocycles. The minimum absolute atomic E-state index is 0.212. The Labute approximate surface area is 141 Å². The van der Waals surface area contributed by atoms with E-state index >= 15 is 0 Å². The van der Waals surface area contributed by atoms with Crippen molar-refractivity contribution in [1.29, 1.82) is 0 Å². The summed E-state index contributed by atoms with van der Waals surface area (Å²) in [6, 6.07) is 7.34. The van der Waals surface area contributed by atoms with Crippen LogP contribution in [0.15, 0.2) is 30.5 Å². The van der Waals surface area contributed by atoms with Gasteiger partial charge in [0.05, 0.1) is 24.2 Å². The van der Waals surface area contributed by atoms with Crippen molar-refractivity contribution >= 4 is 34.4 Å². The highest BCUT2D eigenvalue weighted by Gasteiger charge is 2.23. The highest BCUT2D eigenvalue weighted by Crippen LogP contribution is 2.18.